The Kier molecular flexibility index (Phi) is 5.61. The third-order valence-corrected chi connectivity index (χ3v) is 4.09. The summed E-state index contributed by atoms with van der Waals surface area (Å²) in [6.07, 6.45) is 0. The Morgan fingerprint density at radius 3 is 2.15 bits per heavy atom. The number of hydrogen-bond acceptors (Lipinski definition) is 2. The molecular formula is C22H19FN2O2. The highest BCUT2D eigenvalue weighted by atomic mass is 19.1. The molecule has 0 fully saturated rings. The molecule has 0 heterocycles. The largest absolute Gasteiger partial charge is 0.336 e. The van der Waals surface area contributed by atoms with E-state index in [1.165, 1.54) is 12.1 Å². The highest BCUT2D eigenvalue weighted by molar-refractivity contribution is 6.01. The van der Waals surface area contributed by atoms with Gasteiger partial charge in [-0.1, -0.05) is 54.6 Å². The van der Waals surface area contributed by atoms with E-state index < -0.39 is 17.8 Å². The van der Waals surface area contributed by atoms with Gasteiger partial charge in [0.2, 0.25) is 0 Å². The topological polar surface area (TPSA) is 58.2 Å². The van der Waals surface area contributed by atoms with Gasteiger partial charge in [-0.2, -0.15) is 0 Å². The molecule has 3 rings (SSSR count). The van der Waals surface area contributed by atoms with E-state index in [4.69, 9.17) is 0 Å². The maximum Gasteiger partial charge on any atom is 0.252 e. The van der Waals surface area contributed by atoms with E-state index in [2.05, 4.69) is 10.6 Å². The lowest BCUT2D eigenvalue weighted by Gasteiger charge is -2.19. The van der Waals surface area contributed by atoms with Gasteiger partial charge in [0.05, 0.1) is 5.69 Å². The van der Waals surface area contributed by atoms with Gasteiger partial charge in [-0.3, -0.25) is 9.59 Å². The van der Waals surface area contributed by atoms with Gasteiger partial charge in [-0.15, -0.1) is 0 Å². The molecule has 27 heavy (non-hydrogen) atoms. The Bertz CT molecular complexity index is 943. The number of nitrogens with one attached hydrogen (secondary N) is 2. The lowest BCUT2D eigenvalue weighted by Crippen LogP contribution is -2.37. The van der Waals surface area contributed by atoms with E-state index >= 15 is 0 Å². The molecule has 3 aromatic carbocycles. The molecule has 3 aromatic rings. The first-order chi connectivity index (χ1) is 13.0. The van der Waals surface area contributed by atoms with E-state index in [0.717, 1.165) is 5.56 Å². The van der Waals surface area contributed by atoms with Gasteiger partial charge < -0.3 is 10.6 Å². The van der Waals surface area contributed by atoms with Crippen molar-refractivity contribution in [1.82, 2.24) is 5.32 Å². The minimum Gasteiger partial charge on any atom is -0.336 e. The fraction of sp³-hybridized carbons (Fsp3) is 0.0909. The molecular weight excluding hydrogens is 343 g/mol. The lowest BCUT2D eigenvalue weighted by molar-refractivity contribution is -0.118. The Labute approximate surface area is 157 Å². The van der Waals surface area contributed by atoms with E-state index in [1.807, 2.05) is 6.07 Å². The van der Waals surface area contributed by atoms with Crippen molar-refractivity contribution in [3.8, 4) is 0 Å². The summed E-state index contributed by atoms with van der Waals surface area (Å²) in [6.45, 7) is 1.77. The Morgan fingerprint density at radius 1 is 0.889 bits per heavy atom. The van der Waals surface area contributed by atoms with Crippen LogP contribution < -0.4 is 10.6 Å². The van der Waals surface area contributed by atoms with E-state index in [-0.39, 0.29) is 11.6 Å². The van der Waals surface area contributed by atoms with Crippen LogP contribution in [0, 0.1) is 12.7 Å². The van der Waals surface area contributed by atoms with Gasteiger partial charge in [0.1, 0.15) is 11.9 Å². The van der Waals surface area contributed by atoms with Crippen molar-refractivity contribution in [2.24, 2.45) is 0 Å². The maximum absolute atomic E-state index is 14.1. The number of halogens is 1. The van der Waals surface area contributed by atoms with Crippen LogP contribution in [-0.4, -0.2) is 11.8 Å². The second-order valence-corrected chi connectivity index (χ2v) is 6.16. The van der Waals surface area contributed by atoms with Crippen LogP contribution in [0.5, 0.6) is 0 Å². The van der Waals surface area contributed by atoms with Gasteiger partial charge in [0.15, 0.2) is 0 Å². The average molecular weight is 362 g/mol. The van der Waals surface area contributed by atoms with Crippen molar-refractivity contribution < 1.29 is 14.0 Å². The number of carbonyl (C=O) groups is 2. The predicted molar refractivity (Wildman–Crippen MR) is 103 cm³/mol. The first kappa shape index (κ1) is 18.3. The third kappa shape index (κ3) is 4.58. The molecule has 5 heteroatoms. The molecule has 1 unspecified atom stereocenters. The first-order valence-electron chi connectivity index (χ1n) is 8.52. The van der Waals surface area contributed by atoms with Gasteiger partial charge in [-0.25, -0.2) is 4.39 Å². The van der Waals surface area contributed by atoms with Crippen LogP contribution >= 0.6 is 0 Å². The number of anilines is 1. The fourth-order valence-corrected chi connectivity index (χ4v) is 2.68. The molecule has 0 aliphatic rings. The number of amides is 2. The molecule has 0 spiro atoms. The smallest absolute Gasteiger partial charge is 0.252 e. The summed E-state index contributed by atoms with van der Waals surface area (Å²) in [5.41, 5.74) is 1.86. The molecule has 1 atom stereocenters. The minimum absolute atomic E-state index is 0.0699. The van der Waals surface area contributed by atoms with Crippen LogP contribution in [0.2, 0.25) is 0 Å². The molecule has 0 aliphatic heterocycles. The standard InChI is InChI=1S/C22H19FN2O2/c1-15-12-13-19(18(23)14-15)24-22(27)20(16-8-4-2-5-9-16)25-21(26)17-10-6-3-7-11-17/h2-14,20H,1H3,(H,24,27)(H,25,26). The monoisotopic (exact) mass is 362 g/mol. The molecule has 136 valence electrons. The second kappa shape index (κ2) is 8.27. The van der Waals surface area contributed by atoms with Crippen molar-refractivity contribution in [1.29, 1.82) is 0 Å². The summed E-state index contributed by atoms with van der Waals surface area (Å²) in [4.78, 5) is 25.4. The average Bonchev–Trinajstić information content (AvgIpc) is 2.69. The van der Waals surface area contributed by atoms with Crippen LogP contribution in [0.4, 0.5) is 10.1 Å². The molecule has 0 radical (unpaired) electrons. The van der Waals surface area contributed by atoms with E-state index in [0.29, 0.717) is 11.1 Å². The summed E-state index contributed by atoms with van der Waals surface area (Å²) in [5.74, 6) is -1.43. The number of benzene rings is 3. The van der Waals surface area contributed by atoms with Crippen LogP contribution in [0.1, 0.15) is 27.5 Å². The summed E-state index contributed by atoms with van der Waals surface area (Å²) >= 11 is 0. The van der Waals surface area contributed by atoms with Gasteiger partial charge >= 0.3 is 0 Å². The molecule has 0 saturated heterocycles. The van der Waals surface area contributed by atoms with Crippen LogP contribution in [0.3, 0.4) is 0 Å². The van der Waals surface area contributed by atoms with Crippen LogP contribution in [0.15, 0.2) is 78.9 Å². The fourth-order valence-electron chi connectivity index (χ4n) is 2.68. The maximum atomic E-state index is 14.1. The zero-order valence-corrected chi connectivity index (χ0v) is 14.8. The second-order valence-electron chi connectivity index (χ2n) is 6.16. The molecule has 0 aliphatic carbocycles. The third-order valence-electron chi connectivity index (χ3n) is 4.09. The lowest BCUT2D eigenvalue weighted by atomic mass is 10.0. The normalized spacial score (nSPS) is 11.5. The minimum atomic E-state index is -0.959. The molecule has 0 bridgehead atoms. The quantitative estimate of drug-likeness (QED) is 0.713. The van der Waals surface area contributed by atoms with Gasteiger partial charge in [0.25, 0.3) is 11.8 Å². The van der Waals surface area contributed by atoms with Crippen LogP contribution in [0.25, 0.3) is 0 Å². The van der Waals surface area contributed by atoms with Gasteiger partial charge in [0, 0.05) is 5.56 Å². The Hall–Kier alpha value is -3.47. The van der Waals surface area contributed by atoms with Gasteiger partial charge in [-0.05, 0) is 42.3 Å². The van der Waals surface area contributed by atoms with Crippen molar-refractivity contribution in [3.05, 3.63) is 101 Å². The number of carbonyl (C=O) groups excluding carboxylic acids is 2. The summed E-state index contributed by atoms with van der Waals surface area (Å²) in [5, 5.41) is 5.29. The Balaban J connectivity index is 1.85. The van der Waals surface area contributed by atoms with Crippen LogP contribution in [-0.2, 0) is 4.79 Å². The molecule has 0 saturated carbocycles. The SMILES string of the molecule is Cc1ccc(NC(=O)C(NC(=O)c2ccccc2)c2ccccc2)c(F)c1. The number of aryl methyl sites for hydroxylation is 1. The highest BCUT2D eigenvalue weighted by Crippen LogP contribution is 2.20. The zero-order valence-electron chi connectivity index (χ0n) is 14.8. The Morgan fingerprint density at radius 2 is 1.52 bits per heavy atom. The molecule has 0 aromatic heterocycles. The van der Waals surface area contributed by atoms with Crippen molar-refractivity contribution >= 4 is 17.5 Å². The van der Waals surface area contributed by atoms with Crippen molar-refractivity contribution in [3.63, 3.8) is 0 Å². The highest BCUT2D eigenvalue weighted by Gasteiger charge is 2.24. The predicted octanol–water partition coefficient (Wildman–Crippen LogP) is 4.24. The zero-order chi connectivity index (χ0) is 19.2. The summed E-state index contributed by atoms with van der Waals surface area (Å²) in [7, 11) is 0. The van der Waals surface area contributed by atoms with Crippen molar-refractivity contribution in [2.45, 2.75) is 13.0 Å². The number of hydrogen-bond donors (Lipinski definition) is 2. The van der Waals surface area contributed by atoms with E-state index in [1.54, 1.807) is 67.6 Å². The number of rotatable bonds is 5. The van der Waals surface area contributed by atoms with Crippen molar-refractivity contribution in [2.75, 3.05) is 5.32 Å². The molecule has 4 nitrogen and oxygen atoms in total. The molecule has 2 N–H and O–H groups in total. The summed E-state index contributed by atoms with van der Waals surface area (Å²) < 4.78 is 14.1. The first-order valence-corrected chi connectivity index (χ1v) is 8.52. The summed E-state index contributed by atoms with van der Waals surface area (Å²) in [6, 6.07) is 21.1. The van der Waals surface area contributed by atoms with E-state index in [9.17, 15) is 14.0 Å². The molecule has 2 amide bonds.